The summed E-state index contributed by atoms with van der Waals surface area (Å²) in [6.45, 7) is 11.0. The summed E-state index contributed by atoms with van der Waals surface area (Å²) in [5.41, 5.74) is 3.73. The lowest BCUT2D eigenvalue weighted by molar-refractivity contribution is 0.589. The van der Waals surface area contributed by atoms with Crippen LogP contribution in [0.1, 0.15) is 51.8 Å². The molecule has 0 atom stereocenters. The fourth-order valence-electron chi connectivity index (χ4n) is 1.75. The van der Waals surface area contributed by atoms with Crippen molar-refractivity contribution in [3.63, 3.8) is 0 Å². The average Bonchev–Trinajstić information content (AvgIpc) is 2.58. The Kier molecular flexibility index (Phi) is 2.53. The predicted molar refractivity (Wildman–Crippen MR) is 68.0 cm³/mol. The van der Waals surface area contributed by atoms with E-state index in [1.54, 1.807) is 0 Å². The number of hydrogen-bond acceptors (Lipinski definition) is 1. The second-order valence-corrected chi connectivity index (χ2v) is 5.75. The van der Waals surface area contributed by atoms with Crippen molar-refractivity contribution >= 4 is 5.65 Å². The second-order valence-electron chi connectivity index (χ2n) is 5.75. The summed E-state index contributed by atoms with van der Waals surface area (Å²) in [6.07, 6.45) is 4.22. The molecule has 0 aliphatic carbocycles. The number of pyridine rings is 1. The Morgan fingerprint density at radius 2 is 1.94 bits per heavy atom. The highest BCUT2D eigenvalue weighted by Crippen LogP contribution is 2.24. The maximum Gasteiger partial charge on any atom is 0.137 e. The van der Waals surface area contributed by atoms with E-state index in [4.69, 9.17) is 0 Å². The molecule has 0 aliphatic rings. The van der Waals surface area contributed by atoms with Crippen LogP contribution in [0.25, 0.3) is 5.65 Å². The summed E-state index contributed by atoms with van der Waals surface area (Å²) >= 11 is 0. The third-order valence-corrected chi connectivity index (χ3v) is 2.94. The number of nitrogens with zero attached hydrogens (tertiary/aromatic N) is 2. The van der Waals surface area contributed by atoms with Crippen LogP contribution in [-0.2, 0) is 5.41 Å². The van der Waals surface area contributed by atoms with Gasteiger partial charge in [-0.05, 0) is 29.0 Å². The molecule has 0 unspecified atom stereocenters. The molecule has 0 amide bonds. The molecule has 2 heteroatoms. The van der Waals surface area contributed by atoms with Gasteiger partial charge in [-0.15, -0.1) is 0 Å². The van der Waals surface area contributed by atoms with Crippen molar-refractivity contribution in [2.24, 2.45) is 0 Å². The van der Waals surface area contributed by atoms with E-state index >= 15 is 0 Å². The lowest BCUT2D eigenvalue weighted by Gasteiger charge is -2.18. The molecule has 2 aromatic rings. The number of imidazole rings is 1. The Morgan fingerprint density at radius 1 is 1.25 bits per heavy atom. The number of hydrogen-bond donors (Lipinski definition) is 0. The first-order chi connectivity index (χ1) is 7.38. The molecule has 0 saturated carbocycles. The van der Waals surface area contributed by atoms with Crippen molar-refractivity contribution in [1.82, 2.24) is 9.38 Å². The highest BCUT2D eigenvalue weighted by atomic mass is 15.0. The molecule has 0 spiro atoms. The maximum atomic E-state index is 4.65. The summed E-state index contributed by atoms with van der Waals surface area (Å²) in [5, 5.41) is 0. The van der Waals surface area contributed by atoms with Crippen LogP contribution < -0.4 is 0 Å². The maximum absolute atomic E-state index is 4.65. The van der Waals surface area contributed by atoms with Gasteiger partial charge >= 0.3 is 0 Å². The molecule has 2 nitrogen and oxygen atoms in total. The van der Waals surface area contributed by atoms with Crippen LogP contribution in [-0.4, -0.2) is 9.38 Å². The van der Waals surface area contributed by atoms with E-state index in [0.717, 1.165) is 11.3 Å². The fraction of sp³-hybridized carbons (Fsp3) is 0.500. The highest BCUT2D eigenvalue weighted by Gasteiger charge is 2.14. The van der Waals surface area contributed by atoms with E-state index < -0.39 is 0 Å². The summed E-state index contributed by atoms with van der Waals surface area (Å²) in [4.78, 5) is 4.65. The molecule has 0 aromatic carbocycles. The highest BCUT2D eigenvalue weighted by molar-refractivity contribution is 5.45. The van der Waals surface area contributed by atoms with Gasteiger partial charge in [0.2, 0.25) is 0 Å². The zero-order chi connectivity index (χ0) is 11.9. The molecule has 0 aliphatic heterocycles. The Hall–Kier alpha value is -1.31. The number of rotatable bonds is 1. The van der Waals surface area contributed by atoms with Crippen molar-refractivity contribution in [2.75, 3.05) is 0 Å². The molecule has 0 fully saturated rings. The van der Waals surface area contributed by atoms with Gasteiger partial charge in [0, 0.05) is 12.4 Å². The topological polar surface area (TPSA) is 17.3 Å². The largest absolute Gasteiger partial charge is 0.307 e. The third-order valence-electron chi connectivity index (χ3n) is 2.94. The van der Waals surface area contributed by atoms with Crippen LogP contribution in [0.4, 0.5) is 0 Å². The van der Waals surface area contributed by atoms with Gasteiger partial charge in [-0.1, -0.05) is 34.6 Å². The Labute approximate surface area is 97.3 Å². The standard InChI is InChI=1S/C14H20N2/c1-10(2)12-9-16-7-6-11(14(3,4)5)8-13(16)15-12/h6-10H,1-5H3. The van der Waals surface area contributed by atoms with Crippen LogP contribution in [0, 0.1) is 0 Å². The molecule has 2 rings (SSSR count). The minimum atomic E-state index is 0.186. The van der Waals surface area contributed by atoms with E-state index in [9.17, 15) is 0 Å². The lowest BCUT2D eigenvalue weighted by atomic mass is 9.88. The smallest absolute Gasteiger partial charge is 0.137 e. The van der Waals surface area contributed by atoms with Crippen LogP contribution in [0.2, 0.25) is 0 Å². The normalized spacial score (nSPS) is 12.6. The van der Waals surface area contributed by atoms with Crippen LogP contribution >= 0.6 is 0 Å². The molecule has 0 saturated heterocycles. The molecule has 16 heavy (non-hydrogen) atoms. The van der Waals surface area contributed by atoms with Gasteiger partial charge in [0.1, 0.15) is 5.65 Å². The summed E-state index contributed by atoms with van der Waals surface area (Å²) in [5.74, 6) is 0.484. The molecule has 0 bridgehead atoms. The minimum absolute atomic E-state index is 0.186. The first-order valence-electron chi connectivity index (χ1n) is 5.87. The quantitative estimate of drug-likeness (QED) is 0.709. The fourth-order valence-corrected chi connectivity index (χ4v) is 1.75. The van der Waals surface area contributed by atoms with Gasteiger partial charge in [-0.2, -0.15) is 0 Å². The third kappa shape index (κ3) is 1.97. The molecule has 86 valence electrons. The number of fused-ring (bicyclic) bond motifs is 1. The second kappa shape index (κ2) is 3.62. The SMILES string of the molecule is CC(C)c1cn2ccc(C(C)(C)C)cc2n1. The van der Waals surface area contributed by atoms with E-state index in [2.05, 4.69) is 68.5 Å². The van der Waals surface area contributed by atoms with Gasteiger partial charge in [-0.3, -0.25) is 0 Å². The monoisotopic (exact) mass is 216 g/mol. The van der Waals surface area contributed by atoms with Crippen LogP contribution in [0.5, 0.6) is 0 Å². The minimum Gasteiger partial charge on any atom is -0.307 e. The van der Waals surface area contributed by atoms with Gasteiger partial charge in [0.05, 0.1) is 5.69 Å². The predicted octanol–water partition coefficient (Wildman–Crippen LogP) is 3.76. The van der Waals surface area contributed by atoms with E-state index in [0.29, 0.717) is 5.92 Å². The van der Waals surface area contributed by atoms with Crippen molar-refractivity contribution in [3.05, 3.63) is 35.8 Å². The molecular weight excluding hydrogens is 196 g/mol. The molecule has 0 radical (unpaired) electrons. The van der Waals surface area contributed by atoms with Crippen molar-refractivity contribution < 1.29 is 0 Å². The molecular formula is C14H20N2. The molecule has 2 heterocycles. The molecule has 2 aromatic heterocycles. The average molecular weight is 216 g/mol. The first kappa shape index (κ1) is 11.2. The van der Waals surface area contributed by atoms with Crippen LogP contribution in [0.15, 0.2) is 24.5 Å². The Morgan fingerprint density at radius 3 is 2.50 bits per heavy atom. The van der Waals surface area contributed by atoms with E-state index in [-0.39, 0.29) is 5.41 Å². The van der Waals surface area contributed by atoms with Crippen molar-refractivity contribution in [2.45, 2.75) is 46.0 Å². The number of aromatic nitrogens is 2. The van der Waals surface area contributed by atoms with Crippen molar-refractivity contribution in [3.8, 4) is 0 Å². The van der Waals surface area contributed by atoms with Gasteiger partial charge in [-0.25, -0.2) is 4.98 Å². The Bertz CT molecular complexity index is 501. The van der Waals surface area contributed by atoms with Gasteiger partial charge in [0.25, 0.3) is 0 Å². The Balaban J connectivity index is 2.54. The van der Waals surface area contributed by atoms with E-state index in [1.807, 2.05) is 0 Å². The zero-order valence-corrected chi connectivity index (χ0v) is 10.8. The first-order valence-corrected chi connectivity index (χ1v) is 5.87. The van der Waals surface area contributed by atoms with Gasteiger partial charge in [0.15, 0.2) is 0 Å². The molecule has 0 N–H and O–H groups in total. The van der Waals surface area contributed by atoms with E-state index in [1.165, 1.54) is 5.56 Å². The summed E-state index contributed by atoms with van der Waals surface area (Å²) in [7, 11) is 0. The van der Waals surface area contributed by atoms with Gasteiger partial charge < -0.3 is 4.40 Å². The lowest BCUT2D eigenvalue weighted by Crippen LogP contribution is -2.11. The summed E-state index contributed by atoms with van der Waals surface area (Å²) in [6, 6.07) is 4.37. The van der Waals surface area contributed by atoms with Crippen molar-refractivity contribution in [1.29, 1.82) is 0 Å². The summed E-state index contributed by atoms with van der Waals surface area (Å²) < 4.78 is 2.10. The zero-order valence-electron chi connectivity index (χ0n) is 10.8. The van der Waals surface area contributed by atoms with Crippen LogP contribution in [0.3, 0.4) is 0 Å².